The van der Waals surface area contributed by atoms with E-state index in [0.717, 1.165) is 15.4 Å². The van der Waals surface area contributed by atoms with Gasteiger partial charge in [0.1, 0.15) is 5.76 Å². The van der Waals surface area contributed by atoms with Crippen molar-refractivity contribution in [3.05, 3.63) is 83.0 Å². The van der Waals surface area contributed by atoms with Gasteiger partial charge in [-0.3, -0.25) is 0 Å². The number of hydrogen-bond acceptors (Lipinski definition) is 3. The smallest absolute Gasteiger partial charge is 0.337 e. The van der Waals surface area contributed by atoms with E-state index in [1.54, 1.807) is 0 Å². The zero-order chi connectivity index (χ0) is 13.8. The Hall–Kier alpha value is -2.26. The van der Waals surface area contributed by atoms with E-state index in [1.165, 1.54) is 17.8 Å². The molecule has 0 aromatic heterocycles. The average molecular weight is 280 g/mol. The Morgan fingerprint density at radius 2 is 1.55 bits per heavy atom. The maximum absolute atomic E-state index is 11.5. The highest BCUT2D eigenvalue weighted by Crippen LogP contribution is 2.36. The quantitative estimate of drug-likeness (QED) is 0.786. The monoisotopic (exact) mass is 280 g/mol. The molecule has 1 aliphatic heterocycles. The fourth-order valence-electron chi connectivity index (χ4n) is 1.86. The third-order valence-electron chi connectivity index (χ3n) is 2.77. The predicted octanol–water partition coefficient (Wildman–Crippen LogP) is 4.26. The van der Waals surface area contributed by atoms with E-state index >= 15 is 0 Å². The Kier molecular flexibility index (Phi) is 3.70. The Bertz CT molecular complexity index is 673. The van der Waals surface area contributed by atoms with Crippen molar-refractivity contribution in [1.82, 2.24) is 0 Å². The van der Waals surface area contributed by atoms with E-state index in [-0.39, 0.29) is 5.97 Å². The largest absolute Gasteiger partial charge is 0.422 e. The van der Waals surface area contributed by atoms with E-state index in [1.807, 2.05) is 66.7 Å². The SMILES string of the molecule is O=C1C=C(Sc2ccccc2)/C(=C\c2ccccc2)O1. The van der Waals surface area contributed by atoms with E-state index in [0.29, 0.717) is 5.76 Å². The van der Waals surface area contributed by atoms with Gasteiger partial charge >= 0.3 is 5.97 Å². The lowest BCUT2D eigenvalue weighted by Crippen LogP contribution is -1.90. The van der Waals surface area contributed by atoms with Crippen molar-refractivity contribution in [2.75, 3.05) is 0 Å². The Morgan fingerprint density at radius 3 is 2.25 bits per heavy atom. The second-order valence-corrected chi connectivity index (χ2v) is 5.38. The number of rotatable bonds is 3. The molecule has 0 amide bonds. The van der Waals surface area contributed by atoms with E-state index in [4.69, 9.17) is 4.74 Å². The molecule has 2 aromatic rings. The third kappa shape index (κ3) is 3.00. The summed E-state index contributed by atoms with van der Waals surface area (Å²) in [5, 5.41) is 0. The summed E-state index contributed by atoms with van der Waals surface area (Å²) in [6.07, 6.45) is 3.42. The number of cyclic esters (lactones) is 1. The van der Waals surface area contributed by atoms with Gasteiger partial charge in [0.25, 0.3) is 0 Å². The minimum absolute atomic E-state index is 0.314. The van der Waals surface area contributed by atoms with Crippen LogP contribution in [0.4, 0.5) is 0 Å². The molecule has 0 saturated carbocycles. The maximum atomic E-state index is 11.5. The van der Waals surface area contributed by atoms with Crippen LogP contribution in [-0.2, 0) is 9.53 Å². The molecular weight excluding hydrogens is 268 g/mol. The summed E-state index contributed by atoms with van der Waals surface area (Å²) in [6, 6.07) is 19.8. The Balaban J connectivity index is 1.87. The van der Waals surface area contributed by atoms with Gasteiger partial charge in [0.2, 0.25) is 0 Å². The van der Waals surface area contributed by atoms with Crippen LogP contribution in [0.25, 0.3) is 6.08 Å². The Morgan fingerprint density at radius 1 is 0.900 bits per heavy atom. The van der Waals surface area contributed by atoms with Crippen molar-refractivity contribution in [3.8, 4) is 0 Å². The highest BCUT2D eigenvalue weighted by Gasteiger charge is 2.21. The molecule has 0 fully saturated rings. The van der Waals surface area contributed by atoms with Crippen LogP contribution in [0.5, 0.6) is 0 Å². The molecule has 2 nitrogen and oxygen atoms in total. The van der Waals surface area contributed by atoms with Crippen LogP contribution in [-0.4, -0.2) is 5.97 Å². The number of ether oxygens (including phenoxy) is 1. The third-order valence-corrected chi connectivity index (χ3v) is 3.82. The van der Waals surface area contributed by atoms with Crippen LogP contribution in [0.2, 0.25) is 0 Å². The molecule has 0 unspecified atom stereocenters. The van der Waals surface area contributed by atoms with Crippen molar-refractivity contribution in [1.29, 1.82) is 0 Å². The van der Waals surface area contributed by atoms with Gasteiger partial charge in [0, 0.05) is 11.0 Å². The zero-order valence-electron chi connectivity index (χ0n) is 10.7. The number of hydrogen-bond donors (Lipinski definition) is 0. The van der Waals surface area contributed by atoms with E-state index in [9.17, 15) is 4.79 Å². The van der Waals surface area contributed by atoms with Crippen molar-refractivity contribution in [2.45, 2.75) is 4.90 Å². The molecule has 0 atom stereocenters. The number of thioether (sulfide) groups is 1. The van der Waals surface area contributed by atoms with Gasteiger partial charge in [-0.25, -0.2) is 4.79 Å². The van der Waals surface area contributed by atoms with Crippen LogP contribution in [0.3, 0.4) is 0 Å². The fraction of sp³-hybridized carbons (Fsp3) is 0. The fourth-order valence-corrected chi connectivity index (χ4v) is 2.77. The van der Waals surface area contributed by atoms with Crippen molar-refractivity contribution >= 4 is 23.8 Å². The molecule has 0 aliphatic carbocycles. The summed E-state index contributed by atoms with van der Waals surface area (Å²) in [6.45, 7) is 0. The molecular formula is C17H12O2S. The van der Waals surface area contributed by atoms with Crippen LogP contribution in [0.1, 0.15) is 5.56 Å². The summed E-state index contributed by atoms with van der Waals surface area (Å²) in [4.78, 5) is 13.4. The summed E-state index contributed by atoms with van der Waals surface area (Å²) < 4.78 is 5.26. The second kappa shape index (κ2) is 5.80. The second-order valence-electron chi connectivity index (χ2n) is 4.26. The summed E-state index contributed by atoms with van der Waals surface area (Å²) in [5.41, 5.74) is 1.01. The van der Waals surface area contributed by atoms with Gasteiger partial charge in [-0.1, -0.05) is 60.3 Å². The lowest BCUT2D eigenvalue weighted by atomic mass is 10.2. The molecule has 3 heteroatoms. The number of benzene rings is 2. The van der Waals surface area contributed by atoms with Crippen molar-refractivity contribution < 1.29 is 9.53 Å². The van der Waals surface area contributed by atoms with Crippen LogP contribution in [0, 0.1) is 0 Å². The van der Waals surface area contributed by atoms with Crippen LogP contribution >= 0.6 is 11.8 Å². The molecule has 0 bridgehead atoms. The van der Waals surface area contributed by atoms with Crippen LogP contribution in [0.15, 0.2) is 82.3 Å². The molecule has 0 saturated heterocycles. The highest BCUT2D eigenvalue weighted by molar-refractivity contribution is 8.03. The Labute approximate surface area is 121 Å². The molecule has 3 rings (SSSR count). The minimum atomic E-state index is -0.314. The maximum Gasteiger partial charge on any atom is 0.337 e. The summed E-state index contributed by atoms with van der Waals surface area (Å²) in [7, 11) is 0. The normalized spacial score (nSPS) is 16.1. The average Bonchev–Trinajstić information content (AvgIpc) is 2.81. The standard InChI is InChI=1S/C17H12O2S/c18-17-12-16(20-14-9-5-2-6-10-14)15(19-17)11-13-7-3-1-4-8-13/h1-12H/b15-11+. The predicted molar refractivity (Wildman–Crippen MR) is 80.9 cm³/mol. The van der Waals surface area contributed by atoms with E-state index < -0.39 is 0 Å². The first-order valence-electron chi connectivity index (χ1n) is 6.25. The van der Waals surface area contributed by atoms with Gasteiger partial charge in [-0.15, -0.1) is 0 Å². The topological polar surface area (TPSA) is 26.3 Å². The highest BCUT2D eigenvalue weighted by atomic mass is 32.2. The molecule has 0 N–H and O–H groups in total. The lowest BCUT2D eigenvalue weighted by Gasteiger charge is -2.04. The first-order chi connectivity index (χ1) is 9.81. The van der Waals surface area contributed by atoms with Crippen LogP contribution < -0.4 is 0 Å². The molecule has 1 aliphatic rings. The molecule has 0 spiro atoms. The van der Waals surface area contributed by atoms with Gasteiger partial charge in [-0.05, 0) is 23.8 Å². The molecule has 2 aromatic carbocycles. The van der Waals surface area contributed by atoms with E-state index in [2.05, 4.69) is 0 Å². The van der Waals surface area contributed by atoms with Gasteiger partial charge in [-0.2, -0.15) is 0 Å². The molecule has 20 heavy (non-hydrogen) atoms. The molecule has 98 valence electrons. The zero-order valence-corrected chi connectivity index (χ0v) is 11.5. The first kappa shape index (κ1) is 12.8. The number of carbonyl (C=O) groups is 1. The van der Waals surface area contributed by atoms with Gasteiger partial charge in [0.05, 0.1) is 4.91 Å². The number of carbonyl (C=O) groups excluding carboxylic acids is 1. The molecule has 1 heterocycles. The molecule has 0 radical (unpaired) electrons. The lowest BCUT2D eigenvalue weighted by molar-refractivity contribution is -0.132. The van der Waals surface area contributed by atoms with Crippen molar-refractivity contribution in [2.24, 2.45) is 0 Å². The summed E-state index contributed by atoms with van der Waals surface area (Å²) >= 11 is 1.53. The van der Waals surface area contributed by atoms with Gasteiger partial charge < -0.3 is 4.74 Å². The number of esters is 1. The summed E-state index contributed by atoms with van der Waals surface area (Å²) in [5.74, 6) is 0.292. The minimum Gasteiger partial charge on any atom is -0.422 e. The van der Waals surface area contributed by atoms with Crippen molar-refractivity contribution in [3.63, 3.8) is 0 Å². The first-order valence-corrected chi connectivity index (χ1v) is 7.06. The van der Waals surface area contributed by atoms with Gasteiger partial charge in [0.15, 0.2) is 0 Å².